The lowest BCUT2D eigenvalue weighted by atomic mass is 9.88. The molecule has 0 saturated carbocycles. The van der Waals surface area contributed by atoms with Crippen LogP contribution in [-0.4, -0.2) is 145 Å². The molecule has 0 aromatic heterocycles. The van der Waals surface area contributed by atoms with Crippen LogP contribution in [0.5, 0.6) is 0 Å². The fourth-order valence-corrected chi connectivity index (χ4v) is 6.87. The first-order chi connectivity index (χ1) is 49.8. The number of rotatable bonds is 27. The molecule has 668 valence electrons. The van der Waals surface area contributed by atoms with Crippen LogP contribution in [0.25, 0.3) is 0 Å². The highest BCUT2D eigenvalue weighted by atomic mass is 16.2. The number of carbonyl (C=O) groups is 16. The summed E-state index contributed by atoms with van der Waals surface area (Å²) < 4.78 is 0. The largest absolute Gasteiger partial charge is 0.370 e. The van der Waals surface area contributed by atoms with Gasteiger partial charge < -0.3 is 50.1 Å². The average molecular weight is 1610 g/mol. The van der Waals surface area contributed by atoms with Crippen LogP contribution in [0.4, 0.5) is 0 Å². The topological polar surface area (TPSA) is 330 Å². The minimum absolute atomic E-state index is 0.0117. The van der Waals surface area contributed by atoms with Crippen molar-refractivity contribution in [3.8, 4) is 0 Å². The smallest absolute Gasteiger partial charge is 0.222 e. The summed E-state index contributed by atoms with van der Waals surface area (Å²) in [6.07, 6.45) is 12.4. The maximum Gasteiger partial charge on any atom is 0.222 e. The Kier molecular flexibility index (Phi) is 74.7. The van der Waals surface area contributed by atoms with Crippen molar-refractivity contribution < 1.29 is 76.7 Å². The molecule has 0 aliphatic rings. The molecule has 0 spiro atoms. The fourth-order valence-electron chi connectivity index (χ4n) is 6.87. The first kappa shape index (κ1) is 130. The maximum absolute atomic E-state index is 11.4. The van der Waals surface area contributed by atoms with Crippen molar-refractivity contribution in [3.63, 3.8) is 0 Å². The van der Waals surface area contributed by atoms with Gasteiger partial charge in [-0.3, -0.25) is 52.7 Å². The second kappa shape index (κ2) is 64.8. The number of hydrogen-bond acceptors (Lipinski definition) is 16. The molecular formula is C92H179N5O16. The number of nitrogens with zero attached hydrogens (tertiary/aromatic N) is 2. The van der Waals surface area contributed by atoms with E-state index in [1.807, 2.05) is 125 Å². The van der Waals surface area contributed by atoms with Gasteiger partial charge >= 0.3 is 0 Å². The second-order valence-electron chi connectivity index (χ2n) is 41.0. The third-order valence-corrected chi connectivity index (χ3v) is 15.8. The maximum atomic E-state index is 11.4. The van der Waals surface area contributed by atoms with Crippen molar-refractivity contribution in [1.82, 2.24) is 20.4 Å². The Hall–Kier alpha value is -6.28. The highest BCUT2D eigenvalue weighted by Gasteiger charge is 2.25. The SMILES string of the molecule is CC(=O)CCC(=O)C(C)(C)C.CC(=O)CCC(=O)C(C)(C)C.CC(=O)CCC(=O)C(C)(C)C.CC(=O)CCC(C)(C)C.CC(=O)CCC(C)(C)C.CC(C)(C)CCC(N)=O.CCC(=O)C(C)C.CN(C)C(=O)CCC(=O)C(C)(C)C.CN(C)C(=O)CCC(C)(C)C.CNC(=O)CCC(=O)C(C)(C)C.CNC(=O)CCC(C)(C)C. The van der Waals surface area contributed by atoms with E-state index in [0.717, 1.165) is 44.9 Å². The van der Waals surface area contributed by atoms with Crippen LogP contribution >= 0.6 is 0 Å². The molecule has 0 aromatic carbocycles. The molecule has 0 aliphatic carbocycles. The molecule has 0 fully saturated rings. The molecule has 0 rings (SSSR count). The van der Waals surface area contributed by atoms with Gasteiger partial charge in [0.05, 0.1) is 0 Å². The highest BCUT2D eigenvalue weighted by Crippen LogP contribution is 2.25. The molecular weight excluding hydrogens is 1430 g/mol. The van der Waals surface area contributed by atoms with Crippen LogP contribution in [0, 0.1) is 60.1 Å². The number of hydrogen-bond donors (Lipinski definition) is 3. The van der Waals surface area contributed by atoms with Gasteiger partial charge in [0.15, 0.2) is 0 Å². The number of amides is 5. The Labute approximate surface area is 693 Å². The van der Waals surface area contributed by atoms with Crippen LogP contribution in [0.15, 0.2) is 0 Å². The van der Waals surface area contributed by atoms with Gasteiger partial charge in [-0.2, -0.15) is 0 Å². The van der Waals surface area contributed by atoms with Gasteiger partial charge in [0.1, 0.15) is 63.6 Å². The van der Waals surface area contributed by atoms with E-state index in [2.05, 4.69) is 114 Å². The van der Waals surface area contributed by atoms with Crippen LogP contribution in [0.3, 0.4) is 0 Å². The normalized spacial score (nSPS) is 11.2. The Balaban J connectivity index is -0.000000113. The summed E-state index contributed by atoms with van der Waals surface area (Å²) in [6, 6.07) is 0. The predicted molar refractivity (Wildman–Crippen MR) is 470 cm³/mol. The monoisotopic (exact) mass is 1610 g/mol. The third kappa shape index (κ3) is 122. The summed E-state index contributed by atoms with van der Waals surface area (Å²) in [5.41, 5.74) is 4.81. The molecule has 21 nitrogen and oxygen atoms in total. The van der Waals surface area contributed by atoms with Crippen molar-refractivity contribution in [2.24, 2.45) is 65.8 Å². The van der Waals surface area contributed by atoms with E-state index in [-0.39, 0.29) is 125 Å². The Morgan fingerprint density at radius 3 is 0.611 bits per heavy atom. The van der Waals surface area contributed by atoms with Gasteiger partial charge in [0.25, 0.3) is 0 Å². The Morgan fingerprint density at radius 1 is 0.274 bits per heavy atom. The standard InChI is InChI=1S/C10H19NO2.C9H17NO2.C9H19NO.3C9H16O2.C8H17NO.2C8H16O.C7H15NO.C6H12O/c1-10(2,3)8(12)6-7-9(13)11(4)5;1-9(2,3)7(11)5-6-8(12)10-4;1-9(2,3)7-6-8(11)10(4)5;3*1-7(10)5-6-8(11)9(2,3)4;1-8(2,3)6-5-7(10)9-4;2*1-7(9)5-6-8(2,3)4;1-7(2,3)5-4-6(8)9;1-4-6(7)5(2)3/h6-7H2,1-5H3;5-6H2,1-4H3,(H,10,12);6-7H2,1-5H3;3*5-6H2,1-4H3;5-6H2,1-4H3,(H,9,10);2*5-6H2,1-4H3;4-5H2,1-3H3,(H2,8,9);5H,4H2,1-3H3. The molecule has 0 bridgehead atoms. The number of primary amides is 1. The van der Waals surface area contributed by atoms with Gasteiger partial charge in [0.2, 0.25) is 29.5 Å². The van der Waals surface area contributed by atoms with Gasteiger partial charge in [-0.15, -0.1) is 0 Å². The van der Waals surface area contributed by atoms with Gasteiger partial charge in [0, 0.05) is 178 Å². The Morgan fingerprint density at radius 2 is 0.460 bits per heavy atom. The van der Waals surface area contributed by atoms with Gasteiger partial charge in [-0.1, -0.05) is 228 Å². The molecule has 5 amide bonds. The average Bonchev–Trinajstić information content (AvgIpc) is 0.924. The highest BCUT2D eigenvalue weighted by molar-refractivity contribution is 5.91. The molecule has 21 heteroatoms. The first-order valence-corrected chi connectivity index (χ1v) is 40.6. The molecule has 0 aromatic rings. The zero-order valence-corrected chi connectivity index (χ0v) is 81.4. The molecule has 0 atom stereocenters. The summed E-state index contributed by atoms with van der Waals surface area (Å²) >= 11 is 0. The zero-order valence-electron chi connectivity index (χ0n) is 81.4. The van der Waals surface area contributed by atoms with E-state index in [4.69, 9.17) is 5.73 Å². The lowest BCUT2D eigenvalue weighted by Gasteiger charge is -2.18. The van der Waals surface area contributed by atoms with Gasteiger partial charge in [-0.25, -0.2) is 0 Å². The lowest BCUT2D eigenvalue weighted by molar-refractivity contribution is -0.133. The van der Waals surface area contributed by atoms with E-state index in [0.29, 0.717) is 118 Å². The van der Waals surface area contributed by atoms with Gasteiger partial charge in [-0.05, 0) is 93.8 Å². The fraction of sp³-hybridized carbons (Fsp3) is 0.826. The van der Waals surface area contributed by atoms with Crippen LogP contribution in [-0.2, 0) is 76.7 Å². The van der Waals surface area contributed by atoms with Crippen LogP contribution < -0.4 is 16.4 Å². The molecule has 0 aliphatic heterocycles. The summed E-state index contributed by atoms with van der Waals surface area (Å²) in [7, 11) is 10.2. The van der Waals surface area contributed by atoms with E-state index < -0.39 is 0 Å². The summed E-state index contributed by atoms with van der Waals surface area (Å²) in [5.74, 6) is 2.26. The number of nitrogens with one attached hydrogen (secondary N) is 2. The second-order valence-corrected chi connectivity index (χ2v) is 41.0. The van der Waals surface area contributed by atoms with Crippen molar-refractivity contribution in [2.75, 3.05) is 42.3 Å². The van der Waals surface area contributed by atoms with E-state index in [1.54, 1.807) is 61.0 Å². The molecule has 0 radical (unpaired) electrons. The van der Waals surface area contributed by atoms with Crippen LogP contribution in [0.1, 0.15) is 398 Å². The summed E-state index contributed by atoms with van der Waals surface area (Å²) in [6.45, 7) is 73.6. The molecule has 0 saturated heterocycles. The van der Waals surface area contributed by atoms with E-state index >= 15 is 0 Å². The Bertz CT molecular complexity index is 2610. The zero-order chi connectivity index (χ0) is 93.2. The third-order valence-electron chi connectivity index (χ3n) is 15.8. The van der Waals surface area contributed by atoms with Crippen molar-refractivity contribution >= 4 is 93.2 Å². The molecule has 113 heavy (non-hydrogen) atoms. The predicted octanol–water partition coefficient (Wildman–Crippen LogP) is 19.7. The van der Waals surface area contributed by atoms with E-state index in [9.17, 15) is 76.7 Å². The lowest BCUT2D eigenvalue weighted by Crippen LogP contribution is -2.25. The number of carbonyl (C=O) groups excluding carboxylic acids is 16. The quantitative estimate of drug-likeness (QED) is 0.0688. The number of nitrogens with two attached hydrogens (primary N) is 1. The van der Waals surface area contributed by atoms with Crippen molar-refractivity contribution in [1.29, 1.82) is 0 Å². The van der Waals surface area contributed by atoms with Crippen molar-refractivity contribution in [3.05, 3.63) is 0 Å². The molecule has 0 heterocycles. The van der Waals surface area contributed by atoms with Crippen molar-refractivity contribution in [2.45, 2.75) is 398 Å². The first-order valence-electron chi connectivity index (χ1n) is 40.6. The minimum atomic E-state index is -0.327. The molecule has 0 unspecified atom stereocenters. The minimum Gasteiger partial charge on any atom is -0.370 e. The van der Waals surface area contributed by atoms with E-state index in [1.165, 1.54) is 25.7 Å². The number of Topliss-reactive ketones (excluding diaryl/α,β-unsaturated/α-hetero) is 11. The summed E-state index contributed by atoms with van der Waals surface area (Å²) in [5, 5.41) is 5.08. The number of ketones is 11. The summed E-state index contributed by atoms with van der Waals surface area (Å²) in [4.78, 5) is 177. The molecule has 4 N–H and O–H groups in total. The van der Waals surface area contributed by atoms with Crippen LogP contribution in [0.2, 0.25) is 0 Å².